The van der Waals surface area contributed by atoms with E-state index < -0.39 is 36.1 Å². The van der Waals surface area contributed by atoms with Gasteiger partial charge in [0, 0.05) is 12.2 Å². The summed E-state index contributed by atoms with van der Waals surface area (Å²) in [6.45, 7) is 0. The van der Waals surface area contributed by atoms with Crippen LogP contribution in [0.15, 0.2) is 60.7 Å². The molecule has 0 amide bonds. The van der Waals surface area contributed by atoms with Gasteiger partial charge in [0.1, 0.15) is 11.5 Å². The van der Waals surface area contributed by atoms with Crippen molar-refractivity contribution in [1.29, 1.82) is 0 Å². The van der Waals surface area contributed by atoms with E-state index in [1.807, 2.05) is 0 Å². The van der Waals surface area contributed by atoms with Crippen LogP contribution < -0.4 is 0 Å². The molecule has 0 radical (unpaired) electrons. The van der Waals surface area contributed by atoms with Gasteiger partial charge in [0.05, 0.1) is 0 Å². The lowest BCUT2D eigenvalue weighted by Gasteiger charge is -2.19. The summed E-state index contributed by atoms with van der Waals surface area (Å²) in [6, 6.07) is 11.3. The van der Waals surface area contributed by atoms with Gasteiger partial charge in [-0.1, -0.05) is 24.3 Å². The van der Waals surface area contributed by atoms with Crippen molar-refractivity contribution < 1.29 is 49.1 Å². The summed E-state index contributed by atoms with van der Waals surface area (Å²) in [4.78, 5) is 46.8. The molecular formula is C22H18O10. The van der Waals surface area contributed by atoms with Gasteiger partial charge in [-0.25, -0.2) is 19.2 Å². The van der Waals surface area contributed by atoms with Crippen molar-refractivity contribution in [2.75, 3.05) is 0 Å². The third-order valence-corrected chi connectivity index (χ3v) is 3.86. The van der Waals surface area contributed by atoms with Gasteiger partial charge in [-0.2, -0.15) is 0 Å². The van der Waals surface area contributed by atoms with Crippen LogP contribution in [0, 0.1) is 0 Å². The summed E-state index contributed by atoms with van der Waals surface area (Å²) in [5.41, 5.74) is 0.958. The molecule has 166 valence electrons. The van der Waals surface area contributed by atoms with E-state index in [1.165, 1.54) is 60.7 Å². The Morgan fingerprint density at radius 2 is 0.938 bits per heavy atom. The maximum atomic E-state index is 12.0. The molecule has 0 saturated heterocycles. The standard InChI is InChI=1S/C22H18O10/c23-15-7-1-13(2-8-15)5-11-17(25)31-19(21(27)28)20(22(29)30)32-18(26)12-6-14-3-9-16(24)10-4-14/h1-12,19-20,23-24H,(H,27,28)(H,29,30)/t19-,20+. The van der Waals surface area contributed by atoms with Gasteiger partial charge in [0.15, 0.2) is 0 Å². The second-order valence-corrected chi connectivity index (χ2v) is 6.24. The average molecular weight is 442 g/mol. The number of phenols is 2. The minimum atomic E-state index is -2.31. The Hall–Kier alpha value is -4.60. The fraction of sp³-hybridized carbons (Fsp3) is 0.0909. The molecule has 2 aromatic rings. The number of carbonyl (C=O) groups is 4. The van der Waals surface area contributed by atoms with E-state index in [0.717, 1.165) is 12.2 Å². The van der Waals surface area contributed by atoms with Gasteiger partial charge >= 0.3 is 23.9 Å². The molecule has 32 heavy (non-hydrogen) atoms. The third kappa shape index (κ3) is 7.34. The molecule has 0 aliphatic heterocycles. The van der Waals surface area contributed by atoms with Gasteiger partial charge in [-0.15, -0.1) is 0 Å². The Morgan fingerprint density at radius 3 is 1.22 bits per heavy atom. The number of carbonyl (C=O) groups excluding carboxylic acids is 2. The molecule has 0 aromatic heterocycles. The second kappa shape index (κ2) is 11.0. The van der Waals surface area contributed by atoms with Gasteiger partial charge in [-0.05, 0) is 47.5 Å². The summed E-state index contributed by atoms with van der Waals surface area (Å²) in [7, 11) is 0. The minimum absolute atomic E-state index is 0.00115. The zero-order valence-electron chi connectivity index (χ0n) is 16.3. The number of aromatic hydroxyl groups is 2. The summed E-state index contributed by atoms with van der Waals surface area (Å²) in [5.74, 6) is -6.04. The fourth-order valence-electron chi connectivity index (χ4n) is 2.31. The van der Waals surface area contributed by atoms with Gasteiger partial charge < -0.3 is 29.9 Å². The van der Waals surface area contributed by atoms with E-state index in [-0.39, 0.29) is 11.5 Å². The predicted octanol–water partition coefficient (Wildman–Crippen LogP) is 1.82. The van der Waals surface area contributed by atoms with Gasteiger partial charge in [-0.3, -0.25) is 0 Å². The number of phenolic OH excluding ortho intramolecular Hbond substituents is 2. The molecule has 0 aliphatic carbocycles. The van der Waals surface area contributed by atoms with Crippen LogP contribution in [0.2, 0.25) is 0 Å². The summed E-state index contributed by atoms with van der Waals surface area (Å²) >= 11 is 0. The van der Waals surface area contributed by atoms with Crippen LogP contribution in [0.25, 0.3) is 12.2 Å². The number of benzene rings is 2. The lowest BCUT2D eigenvalue weighted by Crippen LogP contribution is -2.45. The molecule has 2 rings (SSSR count). The van der Waals surface area contributed by atoms with Crippen molar-refractivity contribution in [2.45, 2.75) is 12.2 Å². The maximum absolute atomic E-state index is 12.0. The normalized spacial score (nSPS) is 12.9. The van der Waals surface area contributed by atoms with E-state index >= 15 is 0 Å². The van der Waals surface area contributed by atoms with Gasteiger partial charge in [0.2, 0.25) is 12.2 Å². The number of rotatable bonds is 9. The number of carboxylic acid groups (broad SMARTS) is 2. The number of hydrogen-bond acceptors (Lipinski definition) is 8. The predicted molar refractivity (Wildman–Crippen MR) is 109 cm³/mol. The van der Waals surface area contributed by atoms with Crippen molar-refractivity contribution >= 4 is 36.0 Å². The molecule has 2 atom stereocenters. The quantitative estimate of drug-likeness (QED) is 0.332. The fourth-order valence-corrected chi connectivity index (χ4v) is 2.31. The molecular weight excluding hydrogens is 424 g/mol. The van der Waals surface area contributed by atoms with E-state index in [9.17, 15) is 39.6 Å². The lowest BCUT2D eigenvalue weighted by molar-refractivity contribution is -0.183. The summed E-state index contributed by atoms with van der Waals surface area (Å²) in [5, 5.41) is 37.0. The van der Waals surface area contributed by atoms with E-state index in [1.54, 1.807) is 0 Å². The summed E-state index contributed by atoms with van der Waals surface area (Å²) in [6.07, 6.45) is -0.404. The van der Waals surface area contributed by atoms with E-state index in [2.05, 4.69) is 9.47 Å². The molecule has 10 nitrogen and oxygen atoms in total. The molecule has 0 unspecified atom stereocenters. The van der Waals surface area contributed by atoms with Gasteiger partial charge in [0.25, 0.3) is 0 Å². The average Bonchev–Trinajstić information content (AvgIpc) is 2.75. The third-order valence-electron chi connectivity index (χ3n) is 3.86. The SMILES string of the molecule is O=C(C=Cc1ccc(O)cc1)O[C@H](C(=O)O)[C@@H](OC(=O)C=Cc1ccc(O)cc1)C(=O)O. The highest BCUT2D eigenvalue weighted by atomic mass is 16.6. The Morgan fingerprint density at radius 1 is 0.625 bits per heavy atom. The Balaban J connectivity index is 2.07. The Labute approximate surface area is 181 Å². The molecule has 10 heteroatoms. The molecule has 0 fully saturated rings. The van der Waals surface area contributed by atoms with Crippen molar-refractivity contribution in [1.82, 2.24) is 0 Å². The number of esters is 2. The summed E-state index contributed by atoms with van der Waals surface area (Å²) < 4.78 is 9.35. The van der Waals surface area contributed by atoms with Crippen LogP contribution in [-0.2, 0) is 28.7 Å². The highest BCUT2D eigenvalue weighted by Gasteiger charge is 2.40. The van der Waals surface area contributed by atoms with Crippen molar-refractivity contribution in [3.05, 3.63) is 71.8 Å². The van der Waals surface area contributed by atoms with Crippen molar-refractivity contribution in [2.24, 2.45) is 0 Å². The first-order valence-electron chi connectivity index (χ1n) is 8.97. The van der Waals surface area contributed by atoms with E-state index in [4.69, 9.17) is 0 Å². The topological polar surface area (TPSA) is 168 Å². The monoisotopic (exact) mass is 442 g/mol. The molecule has 2 aromatic carbocycles. The number of hydrogen-bond donors (Lipinski definition) is 4. The van der Waals surface area contributed by atoms with Crippen LogP contribution in [0.5, 0.6) is 11.5 Å². The molecule has 0 heterocycles. The maximum Gasteiger partial charge on any atom is 0.349 e. The Bertz CT molecular complexity index is 950. The largest absolute Gasteiger partial charge is 0.508 e. The van der Waals surface area contributed by atoms with Crippen LogP contribution in [0.1, 0.15) is 11.1 Å². The first-order chi connectivity index (χ1) is 15.2. The molecule has 4 N–H and O–H groups in total. The Kier molecular flexibility index (Phi) is 8.12. The van der Waals surface area contributed by atoms with Crippen molar-refractivity contribution in [3.8, 4) is 11.5 Å². The molecule has 0 saturated carbocycles. The molecule has 0 aliphatic rings. The minimum Gasteiger partial charge on any atom is -0.508 e. The van der Waals surface area contributed by atoms with Crippen LogP contribution in [0.3, 0.4) is 0 Å². The smallest absolute Gasteiger partial charge is 0.349 e. The number of ether oxygens (including phenoxy) is 2. The number of aliphatic carboxylic acids is 2. The zero-order valence-corrected chi connectivity index (χ0v) is 16.3. The van der Waals surface area contributed by atoms with Crippen LogP contribution >= 0.6 is 0 Å². The molecule has 0 bridgehead atoms. The first kappa shape index (κ1) is 23.7. The molecule has 0 spiro atoms. The van der Waals surface area contributed by atoms with Crippen molar-refractivity contribution in [3.63, 3.8) is 0 Å². The lowest BCUT2D eigenvalue weighted by atomic mass is 10.2. The first-order valence-corrected chi connectivity index (χ1v) is 8.97. The second-order valence-electron chi connectivity index (χ2n) is 6.24. The van der Waals surface area contributed by atoms with Crippen LogP contribution in [-0.4, -0.2) is 56.5 Å². The zero-order chi connectivity index (χ0) is 23.7. The highest BCUT2D eigenvalue weighted by Crippen LogP contribution is 2.13. The highest BCUT2D eigenvalue weighted by molar-refractivity contribution is 5.93. The number of carboxylic acids is 2. The van der Waals surface area contributed by atoms with Crippen LogP contribution in [0.4, 0.5) is 0 Å². The van der Waals surface area contributed by atoms with E-state index in [0.29, 0.717) is 11.1 Å².